The van der Waals surface area contributed by atoms with Crippen molar-refractivity contribution in [2.45, 2.75) is 90.7 Å². The van der Waals surface area contributed by atoms with Gasteiger partial charge in [0.1, 0.15) is 5.25 Å². The third-order valence-electron chi connectivity index (χ3n) is 4.99. The van der Waals surface area contributed by atoms with Crippen molar-refractivity contribution >= 4 is 24.0 Å². The van der Waals surface area contributed by atoms with Crippen LogP contribution in [0.2, 0.25) is 0 Å². The van der Waals surface area contributed by atoms with Gasteiger partial charge in [-0.1, -0.05) is 66.2 Å². The fraction of sp³-hybridized carbons (Fsp3) is 0.900. The normalized spacial score (nSPS) is 13.5. The first-order valence-corrected chi connectivity index (χ1v) is 12.3. The van der Waals surface area contributed by atoms with E-state index in [1.54, 1.807) is 0 Å². The van der Waals surface area contributed by atoms with Crippen molar-refractivity contribution in [2.75, 3.05) is 13.2 Å². The van der Waals surface area contributed by atoms with Crippen LogP contribution in [0.3, 0.4) is 0 Å². The zero-order valence-corrected chi connectivity index (χ0v) is 24.0. The van der Waals surface area contributed by atoms with Crippen molar-refractivity contribution in [1.82, 2.24) is 0 Å². The summed E-state index contributed by atoms with van der Waals surface area (Å²) in [6.45, 7) is 8.75. The van der Waals surface area contributed by atoms with Gasteiger partial charge in [-0.25, -0.2) is 0 Å². The summed E-state index contributed by atoms with van der Waals surface area (Å²) >= 11 is 0.452. The van der Waals surface area contributed by atoms with E-state index in [0.717, 1.165) is 51.4 Å². The molecule has 0 aromatic carbocycles. The molecule has 3 unspecified atom stereocenters. The molecule has 0 fully saturated rings. The Morgan fingerprint density at radius 2 is 1.29 bits per heavy atom. The van der Waals surface area contributed by atoms with Crippen molar-refractivity contribution in [1.29, 1.82) is 0 Å². The Kier molecular flexibility index (Phi) is 28.6. The van der Waals surface area contributed by atoms with Gasteiger partial charge in [0.05, 0.1) is 31.7 Å². The maximum absolute atomic E-state index is 12.6. The molecule has 0 radical (unpaired) electrons. The van der Waals surface area contributed by atoms with Crippen LogP contribution in [0.4, 0.5) is 0 Å². The van der Waals surface area contributed by atoms with E-state index >= 15 is 0 Å². The summed E-state index contributed by atoms with van der Waals surface area (Å²) < 4.78 is 15.4. The van der Waals surface area contributed by atoms with E-state index in [9.17, 15) is 14.8 Å². The molecule has 0 amide bonds. The second-order valence-electron chi connectivity index (χ2n) is 7.48. The maximum atomic E-state index is 12.6. The molecule has 3 atom stereocenters. The van der Waals surface area contributed by atoms with Crippen LogP contribution >= 0.6 is 12.0 Å². The molecule has 0 saturated carbocycles. The fourth-order valence-electron chi connectivity index (χ4n) is 2.80. The summed E-state index contributed by atoms with van der Waals surface area (Å²) in [6, 6.07) is 0. The topological polar surface area (TPSA) is 150 Å². The maximum Gasteiger partial charge on any atom is 1.00 e. The van der Waals surface area contributed by atoms with E-state index in [2.05, 4.69) is 53.4 Å². The van der Waals surface area contributed by atoms with Gasteiger partial charge in [0, 0.05) is 0 Å². The predicted molar refractivity (Wildman–Crippen MR) is 113 cm³/mol. The Balaban J connectivity index is 0. The summed E-state index contributed by atoms with van der Waals surface area (Å²) in [7, 11) is 0. The number of unbranched alkanes of at least 4 members (excludes halogenated alkanes) is 2. The van der Waals surface area contributed by atoms with Crippen LogP contribution in [0, 0.1) is 11.8 Å². The number of esters is 2. The minimum atomic E-state index is -1.09. The van der Waals surface area contributed by atoms with Gasteiger partial charge in [0.2, 0.25) is 0 Å². The Bertz CT molecular complexity index is 504. The molecule has 0 N–H and O–H groups in total. The third kappa shape index (κ3) is 21.7. The van der Waals surface area contributed by atoms with Gasteiger partial charge in [-0.05, 0) is 54.9 Å². The monoisotopic (exact) mass is 540 g/mol. The second-order valence-corrected chi connectivity index (χ2v) is 8.38. The van der Waals surface area contributed by atoms with E-state index in [-0.39, 0.29) is 61.0 Å². The molecule has 0 rings (SSSR count). The summed E-state index contributed by atoms with van der Waals surface area (Å²) in [5, 5.41) is 33.4. The van der Waals surface area contributed by atoms with Gasteiger partial charge in [-0.2, -0.15) is 0 Å². The first-order valence-electron chi connectivity index (χ1n) is 11.5. The van der Waals surface area contributed by atoms with E-state index in [4.69, 9.17) is 9.47 Å². The molecule has 13 nitrogen and oxygen atoms in total. The van der Waals surface area contributed by atoms with Crippen LogP contribution < -0.4 is 34.8 Å². The van der Waals surface area contributed by atoms with Gasteiger partial charge in [0.15, 0.2) is 0 Å². The quantitative estimate of drug-likeness (QED) is 0.0422. The predicted octanol–water partition coefficient (Wildman–Crippen LogP) is 0.730. The number of carbonyl (C=O) groups excluding carboxylic acids is 2. The number of hydrogen-bond donors (Lipinski definition) is 0. The van der Waals surface area contributed by atoms with Gasteiger partial charge in [0.25, 0.3) is 0 Å². The summed E-state index contributed by atoms with van der Waals surface area (Å²) in [5.74, 6) is -0.763. The first kappa shape index (κ1) is 37.1. The van der Waals surface area contributed by atoms with Crippen molar-refractivity contribution < 1.29 is 93.5 Å². The molecular formula is C20H37NaO13S. The molecule has 202 valence electrons. The Hall–Kier alpha value is -0.0700. The minimum absolute atomic E-state index is 0. The minimum Gasteiger partial charge on any atom is -0.689 e. The summed E-state index contributed by atoms with van der Waals surface area (Å²) in [4.78, 5) is 24.9. The first-order chi connectivity index (χ1) is 16.5. The molecule has 0 aliphatic carbocycles. The standard InChI is InChI=1S/C20H38O13S.Na/c1-5-9-11-16(7-3)14-24-19(21)13-18(34-33-32-31-30-29-28-27-26-23)20(22)25-15-17(8-4)12-10-6-2;/h16-18,23H,5-15H2,1-4H3;/q;+1/p-1. The SMILES string of the molecule is CCCCC(CC)COC(=O)CC(SOOOOOOOO[O-])C(=O)OCC(CC)CCCC.[Na+]. The summed E-state index contributed by atoms with van der Waals surface area (Å²) in [6.07, 6.45) is 7.52. The average Bonchev–Trinajstić information content (AvgIpc) is 2.84. The molecule has 0 bridgehead atoms. The number of ether oxygens (including phenoxy) is 2. The molecule has 0 aliphatic rings. The van der Waals surface area contributed by atoms with Crippen molar-refractivity contribution in [2.24, 2.45) is 11.8 Å². The molecule has 15 heteroatoms. The van der Waals surface area contributed by atoms with Crippen molar-refractivity contribution in [3.8, 4) is 0 Å². The van der Waals surface area contributed by atoms with Crippen molar-refractivity contribution in [3.63, 3.8) is 0 Å². The average molecular weight is 541 g/mol. The number of carbonyl (C=O) groups is 2. The fourth-order valence-corrected chi connectivity index (χ4v) is 3.30. The van der Waals surface area contributed by atoms with Crippen LogP contribution in [0.25, 0.3) is 0 Å². The molecule has 35 heavy (non-hydrogen) atoms. The van der Waals surface area contributed by atoms with Crippen LogP contribution in [0.5, 0.6) is 0 Å². The van der Waals surface area contributed by atoms with Gasteiger partial charge >= 0.3 is 41.5 Å². The molecule has 0 aliphatic heterocycles. The van der Waals surface area contributed by atoms with E-state index < -0.39 is 17.2 Å². The summed E-state index contributed by atoms with van der Waals surface area (Å²) in [5.41, 5.74) is 0. The largest absolute Gasteiger partial charge is 1.00 e. The number of rotatable bonds is 24. The van der Waals surface area contributed by atoms with Crippen LogP contribution in [-0.4, -0.2) is 30.4 Å². The van der Waals surface area contributed by atoms with Gasteiger partial charge in [-0.15, -0.1) is 4.33 Å². The molecule has 0 heterocycles. The van der Waals surface area contributed by atoms with Crippen LogP contribution in [0.15, 0.2) is 0 Å². The van der Waals surface area contributed by atoms with Crippen molar-refractivity contribution in [3.05, 3.63) is 0 Å². The van der Waals surface area contributed by atoms with Gasteiger partial charge in [-0.3, -0.25) is 14.6 Å². The van der Waals surface area contributed by atoms with E-state index in [0.29, 0.717) is 12.0 Å². The molecule has 0 aromatic heterocycles. The van der Waals surface area contributed by atoms with Crippen LogP contribution in [0.1, 0.15) is 85.5 Å². The van der Waals surface area contributed by atoms with E-state index in [1.807, 2.05) is 13.8 Å². The Labute approximate surface area is 232 Å². The molecular weight excluding hydrogens is 503 g/mol. The van der Waals surface area contributed by atoms with E-state index in [1.165, 1.54) is 0 Å². The molecule has 0 spiro atoms. The Morgan fingerprint density at radius 1 is 0.771 bits per heavy atom. The molecule has 0 saturated heterocycles. The zero-order valence-electron chi connectivity index (χ0n) is 21.2. The second kappa shape index (κ2) is 27.0. The molecule has 0 aromatic rings. The Morgan fingerprint density at radius 3 is 1.80 bits per heavy atom. The smallest absolute Gasteiger partial charge is 0.689 e. The van der Waals surface area contributed by atoms with Crippen LogP contribution in [-0.2, 0) is 58.7 Å². The van der Waals surface area contributed by atoms with Gasteiger partial charge < -0.3 is 14.7 Å². The third-order valence-corrected chi connectivity index (χ3v) is 5.72. The number of hydrogen-bond acceptors (Lipinski definition) is 14. The zero-order chi connectivity index (χ0) is 25.4.